The van der Waals surface area contributed by atoms with Crippen LogP contribution in [-0.2, 0) is 6.54 Å². The largest absolute Gasteiger partial charge is 0.467 e. The van der Waals surface area contributed by atoms with Gasteiger partial charge in [-0.15, -0.1) is 11.3 Å². The normalized spacial score (nSPS) is 15.7. The first kappa shape index (κ1) is 14.1. The number of nitrogens with zero attached hydrogens (tertiary/aromatic N) is 1. The summed E-state index contributed by atoms with van der Waals surface area (Å²) in [5, 5.41) is 1.95. The first-order chi connectivity index (χ1) is 9.74. The van der Waals surface area contributed by atoms with Crippen molar-refractivity contribution in [2.75, 3.05) is 0 Å². The molecule has 2 aromatic rings. The van der Waals surface area contributed by atoms with Crippen LogP contribution in [0.2, 0.25) is 0 Å². The molecule has 1 amide bonds. The Morgan fingerprint density at radius 2 is 2.25 bits per heavy atom. The van der Waals surface area contributed by atoms with E-state index in [0.717, 1.165) is 27.0 Å². The van der Waals surface area contributed by atoms with Gasteiger partial charge in [-0.1, -0.05) is 12.8 Å². The maximum atomic E-state index is 12.8. The number of carbonyl (C=O) groups excluding carboxylic acids is 1. The van der Waals surface area contributed by atoms with Crippen LogP contribution in [0, 0.1) is 2.88 Å². The Balaban J connectivity index is 1.82. The summed E-state index contributed by atoms with van der Waals surface area (Å²) in [5.41, 5.74) is 0.804. The molecule has 0 radical (unpaired) electrons. The molecule has 0 spiro atoms. The summed E-state index contributed by atoms with van der Waals surface area (Å²) in [7, 11) is 0. The highest BCUT2D eigenvalue weighted by atomic mass is 127. The molecule has 1 saturated carbocycles. The third-order valence-electron chi connectivity index (χ3n) is 3.75. The van der Waals surface area contributed by atoms with E-state index >= 15 is 0 Å². The van der Waals surface area contributed by atoms with Crippen LogP contribution < -0.4 is 0 Å². The Kier molecular flexibility index (Phi) is 4.45. The van der Waals surface area contributed by atoms with E-state index in [1.807, 2.05) is 28.5 Å². The molecule has 0 saturated heterocycles. The predicted molar refractivity (Wildman–Crippen MR) is 87.9 cm³/mol. The maximum Gasteiger partial charge on any atom is 0.255 e. The van der Waals surface area contributed by atoms with Gasteiger partial charge in [0.1, 0.15) is 5.76 Å². The van der Waals surface area contributed by atoms with E-state index in [9.17, 15) is 4.79 Å². The van der Waals surface area contributed by atoms with E-state index in [2.05, 4.69) is 22.6 Å². The summed E-state index contributed by atoms with van der Waals surface area (Å²) in [5.74, 6) is 0.989. The number of hydrogen-bond donors (Lipinski definition) is 0. The minimum Gasteiger partial charge on any atom is -0.467 e. The van der Waals surface area contributed by atoms with Crippen LogP contribution in [-0.4, -0.2) is 16.8 Å². The Hall–Kier alpha value is -0.820. The standard InChI is InChI=1S/C15H16INO2S/c16-14-8-11(10-20-14)15(18)17(12-4-1-2-5-12)9-13-6-3-7-19-13/h3,6-8,10,12H,1-2,4-5,9H2. The summed E-state index contributed by atoms with van der Waals surface area (Å²) in [6.07, 6.45) is 6.31. The number of rotatable bonds is 4. The van der Waals surface area contributed by atoms with Crippen molar-refractivity contribution in [1.29, 1.82) is 0 Å². The number of thiophene rings is 1. The van der Waals surface area contributed by atoms with Gasteiger partial charge in [0.05, 0.1) is 21.3 Å². The monoisotopic (exact) mass is 401 g/mol. The highest BCUT2D eigenvalue weighted by Gasteiger charge is 2.28. The van der Waals surface area contributed by atoms with Crippen LogP contribution in [0.15, 0.2) is 34.3 Å². The quantitative estimate of drug-likeness (QED) is 0.706. The molecule has 0 N–H and O–H groups in total. The lowest BCUT2D eigenvalue weighted by Gasteiger charge is -2.28. The third-order valence-corrected chi connectivity index (χ3v) is 5.54. The second-order valence-electron chi connectivity index (χ2n) is 5.09. The van der Waals surface area contributed by atoms with Crippen molar-refractivity contribution < 1.29 is 9.21 Å². The fraction of sp³-hybridized carbons (Fsp3) is 0.400. The molecule has 0 bridgehead atoms. The van der Waals surface area contributed by atoms with Crippen molar-refractivity contribution in [3.63, 3.8) is 0 Å². The summed E-state index contributed by atoms with van der Waals surface area (Å²) < 4.78 is 6.57. The van der Waals surface area contributed by atoms with E-state index in [4.69, 9.17) is 4.42 Å². The lowest BCUT2D eigenvalue weighted by Crippen LogP contribution is -2.38. The molecule has 0 aliphatic heterocycles. The smallest absolute Gasteiger partial charge is 0.255 e. The molecule has 2 aromatic heterocycles. The van der Waals surface area contributed by atoms with E-state index in [-0.39, 0.29) is 5.91 Å². The summed E-state index contributed by atoms with van der Waals surface area (Å²) in [6, 6.07) is 6.13. The first-order valence-corrected chi connectivity index (χ1v) is 8.77. The van der Waals surface area contributed by atoms with Crippen LogP contribution >= 0.6 is 33.9 Å². The van der Waals surface area contributed by atoms with Crippen LogP contribution in [0.4, 0.5) is 0 Å². The van der Waals surface area contributed by atoms with Gasteiger partial charge in [0, 0.05) is 11.4 Å². The molecular formula is C15H16INO2S. The fourth-order valence-electron chi connectivity index (χ4n) is 2.74. The zero-order chi connectivity index (χ0) is 13.9. The Morgan fingerprint density at radius 1 is 1.45 bits per heavy atom. The molecule has 0 atom stereocenters. The molecule has 20 heavy (non-hydrogen) atoms. The van der Waals surface area contributed by atoms with Crippen LogP contribution in [0.1, 0.15) is 41.8 Å². The van der Waals surface area contributed by atoms with Gasteiger partial charge in [0.2, 0.25) is 0 Å². The minimum atomic E-state index is 0.132. The topological polar surface area (TPSA) is 33.5 Å². The van der Waals surface area contributed by atoms with Gasteiger partial charge in [-0.05, 0) is 53.6 Å². The number of amides is 1. The average Bonchev–Trinajstić information content (AvgIpc) is 3.17. The Morgan fingerprint density at radius 3 is 2.85 bits per heavy atom. The zero-order valence-electron chi connectivity index (χ0n) is 11.0. The van der Waals surface area contributed by atoms with Crippen molar-refractivity contribution in [3.8, 4) is 0 Å². The lowest BCUT2D eigenvalue weighted by atomic mass is 10.1. The van der Waals surface area contributed by atoms with Crippen LogP contribution in [0.25, 0.3) is 0 Å². The summed E-state index contributed by atoms with van der Waals surface area (Å²) >= 11 is 3.87. The number of carbonyl (C=O) groups is 1. The molecule has 1 fully saturated rings. The molecule has 3 rings (SSSR count). The molecule has 106 valence electrons. The molecule has 3 nitrogen and oxygen atoms in total. The van der Waals surface area contributed by atoms with Crippen LogP contribution in [0.3, 0.4) is 0 Å². The van der Waals surface area contributed by atoms with E-state index in [1.165, 1.54) is 12.8 Å². The van der Waals surface area contributed by atoms with Crippen molar-refractivity contribution in [1.82, 2.24) is 4.90 Å². The predicted octanol–water partition coefficient (Wildman–Crippen LogP) is 4.53. The van der Waals surface area contributed by atoms with E-state index < -0.39 is 0 Å². The highest BCUT2D eigenvalue weighted by Crippen LogP contribution is 2.28. The van der Waals surface area contributed by atoms with Gasteiger partial charge >= 0.3 is 0 Å². The molecular weight excluding hydrogens is 385 g/mol. The highest BCUT2D eigenvalue weighted by molar-refractivity contribution is 14.1. The van der Waals surface area contributed by atoms with Gasteiger partial charge < -0.3 is 9.32 Å². The maximum absolute atomic E-state index is 12.8. The number of halogens is 1. The Bertz CT molecular complexity index is 572. The van der Waals surface area contributed by atoms with Crippen molar-refractivity contribution in [2.24, 2.45) is 0 Å². The zero-order valence-corrected chi connectivity index (χ0v) is 14.0. The molecule has 1 aliphatic carbocycles. The minimum absolute atomic E-state index is 0.132. The fourth-order valence-corrected chi connectivity index (χ4v) is 4.06. The summed E-state index contributed by atoms with van der Waals surface area (Å²) in [4.78, 5) is 14.7. The van der Waals surface area contributed by atoms with Gasteiger partial charge in [-0.25, -0.2) is 0 Å². The third kappa shape index (κ3) is 3.09. The number of furan rings is 1. The average molecular weight is 401 g/mol. The van der Waals surface area contributed by atoms with E-state index in [0.29, 0.717) is 12.6 Å². The van der Waals surface area contributed by atoms with Gasteiger partial charge in [0.25, 0.3) is 5.91 Å². The Labute approximate surface area is 136 Å². The van der Waals surface area contributed by atoms with Crippen molar-refractivity contribution in [3.05, 3.63) is 44.0 Å². The summed E-state index contributed by atoms with van der Waals surface area (Å²) in [6.45, 7) is 0.572. The molecule has 0 unspecified atom stereocenters. The van der Waals surface area contributed by atoms with Gasteiger partial charge in [0.15, 0.2) is 0 Å². The number of hydrogen-bond acceptors (Lipinski definition) is 3. The second kappa shape index (κ2) is 6.30. The second-order valence-corrected chi connectivity index (χ2v) is 7.90. The molecule has 2 heterocycles. The van der Waals surface area contributed by atoms with E-state index in [1.54, 1.807) is 17.6 Å². The van der Waals surface area contributed by atoms with Crippen molar-refractivity contribution >= 4 is 39.8 Å². The SMILES string of the molecule is O=C(c1csc(I)c1)N(Cc1ccco1)C1CCCC1. The molecule has 0 aromatic carbocycles. The van der Waals surface area contributed by atoms with Crippen LogP contribution in [0.5, 0.6) is 0 Å². The van der Waals surface area contributed by atoms with Gasteiger partial charge in [-0.2, -0.15) is 0 Å². The first-order valence-electron chi connectivity index (χ1n) is 6.81. The molecule has 1 aliphatic rings. The van der Waals surface area contributed by atoms with Crippen molar-refractivity contribution in [2.45, 2.75) is 38.3 Å². The lowest BCUT2D eigenvalue weighted by molar-refractivity contribution is 0.0649. The molecule has 5 heteroatoms. The van der Waals surface area contributed by atoms with Gasteiger partial charge in [-0.3, -0.25) is 4.79 Å².